The van der Waals surface area contributed by atoms with Gasteiger partial charge >= 0.3 is 6.09 Å². The van der Waals surface area contributed by atoms with Crippen LogP contribution in [0.25, 0.3) is 10.6 Å². The minimum atomic E-state index is -0.859. The molecule has 1 aliphatic rings. The zero-order valence-electron chi connectivity index (χ0n) is 15.5. The molecule has 0 spiro atoms. The zero-order valence-corrected chi connectivity index (χ0v) is 16.3. The highest BCUT2D eigenvalue weighted by atomic mass is 32.1. The van der Waals surface area contributed by atoms with Crippen LogP contribution in [0.2, 0.25) is 0 Å². The summed E-state index contributed by atoms with van der Waals surface area (Å²) in [5.74, 6) is 0.778. The molecule has 0 aliphatic carbocycles. The van der Waals surface area contributed by atoms with Gasteiger partial charge in [0.1, 0.15) is 17.4 Å². The first-order valence-corrected chi connectivity index (χ1v) is 10.3. The average molecular weight is 394 g/mol. The Morgan fingerprint density at radius 3 is 2.50 bits per heavy atom. The van der Waals surface area contributed by atoms with Crippen molar-refractivity contribution in [1.29, 1.82) is 0 Å². The molecule has 1 aromatic heterocycles. The van der Waals surface area contributed by atoms with E-state index < -0.39 is 6.09 Å². The van der Waals surface area contributed by atoms with Gasteiger partial charge in [-0.15, -0.1) is 11.3 Å². The topological polar surface area (TPSA) is 62.7 Å². The van der Waals surface area contributed by atoms with Gasteiger partial charge in [0.15, 0.2) is 0 Å². The monoisotopic (exact) mass is 394 g/mol. The van der Waals surface area contributed by atoms with Gasteiger partial charge in [-0.3, -0.25) is 0 Å². The Labute approximate surface area is 168 Å². The lowest BCUT2D eigenvalue weighted by atomic mass is 10.0. The van der Waals surface area contributed by atoms with Crippen LogP contribution in [0, 0.1) is 0 Å². The highest BCUT2D eigenvalue weighted by Crippen LogP contribution is 2.23. The number of carbonyl (C=O) groups is 1. The van der Waals surface area contributed by atoms with Crippen LogP contribution in [-0.4, -0.2) is 40.3 Å². The summed E-state index contributed by atoms with van der Waals surface area (Å²) in [4.78, 5) is 17.0. The Bertz CT molecular complexity index is 908. The molecule has 1 amide bonds. The van der Waals surface area contributed by atoms with Crippen LogP contribution in [0.1, 0.15) is 24.0 Å². The number of ether oxygens (including phenoxy) is 1. The van der Waals surface area contributed by atoms with Gasteiger partial charge in [-0.25, -0.2) is 9.78 Å². The first-order chi connectivity index (χ1) is 13.7. The van der Waals surface area contributed by atoms with Crippen molar-refractivity contribution in [3.05, 3.63) is 71.2 Å². The number of hydrogen-bond acceptors (Lipinski definition) is 4. The second kappa shape index (κ2) is 8.44. The molecule has 0 unspecified atom stereocenters. The van der Waals surface area contributed by atoms with E-state index in [1.807, 2.05) is 23.7 Å². The van der Waals surface area contributed by atoms with Crippen molar-refractivity contribution in [2.75, 3.05) is 13.2 Å². The van der Waals surface area contributed by atoms with Gasteiger partial charge in [-0.05, 0) is 42.5 Å². The number of aromatic nitrogens is 1. The third-order valence-electron chi connectivity index (χ3n) is 5.03. The Balaban J connectivity index is 1.32. The maximum Gasteiger partial charge on any atom is 0.407 e. The quantitative estimate of drug-likeness (QED) is 0.644. The SMILES string of the molecule is O=C(O)N1CCC[C@@H]1COc1ccc(Cc2ccc(-c3nccs3)cc2)cc1. The van der Waals surface area contributed by atoms with E-state index in [4.69, 9.17) is 4.74 Å². The summed E-state index contributed by atoms with van der Waals surface area (Å²) in [6.45, 7) is 1.01. The minimum absolute atomic E-state index is 0.0477. The van der Waals surface area contributed by atoms with Crippen LogP contribution in [0.4, 0.5) is 4.79 Å². The normalized spacial score (nSPS) is 16.3. The van der Waals surface area contributed by atoms with E-state index in [-0.39, 0.29) is 6.04 Å². The first-order valence-electron chi connectivity index (χ1n) is 9.39. The number of amides is 1. The van der Waals surface area contributed by atoms with Gasteiger partial charge in [-0.2, -0.15) is 0 Å². The van der Waals surface area contributed by atoms with Crippen LogP contribution in [0.5, 0.6) is 5.75 Å². The van der Waals surface area contributed by atoms with Gasteiger partial charge in [0.2, 0.25) is 0 Å². The molecular weight excluding hydrogens is 372 g/mol. The van der Waals surface area contributed by atoms with E-state index in [0.29, 0.717) is 13.2 Å². The molecule has 0 radical (unpaired) electrons. The highest BCUT2D eigenvalue weighted by molar-refractivity contribution is 7.13. The molecule has 3 aromatic rings. The number of thiazole rings is 1. The third kappa shape index (κ3) is 4.34. The highest BCUT2D eigenvalue weighted by Gasteiger charge is 2.28. The summed E-state index contributed by atoms with van der Waals surface area (Å²) >= 11 is 1.64. The maximum atomic E-state index is 11.2. The molecule has 5 nitrogen and oxygen atoms in total. The number of nitrogens with zero attached hydrogens (tertiary/aromatic N) is 2. The molecule has 1 atom stereocenters. The van der Waals surface area contributed by atoms with Crippen LogP contribution in [-0.2, 0) is 6.42 Å². The number of carboxylic acid groups (broad SMARTS) is 1. The van der Waals surface area contributed by atoms with Crippen molar-refractivity contribution in [2.24, 2.45) is 0 Å². The molecule has 2 heterocycles. The molecule has 4 rings (SSSR count). The molecule has 1 aliphatic heterocycles. The molecule has 1 fully saturated rings. The second-order valence-corrected chi connectivity index (χ2v) is 7.83. The Hall–Kier alpha value is -2.86. The lowest BCUT2D eigenvalue weighted by Gasteiger charge is -2.21. The Morgan fingerprint density at radius 1 is 1.14 bits per heavy atom. The number of likely N-dealkylation sites (tertiary alicyclic amines) is 1. The van der Waals surface area contributed by atoms with Gasteiger partial charge in [-0.1, -0.05) is 36.4 Å². The fourth-order valence-corrected chi connectivity index (χ4v) is 4.17. The van der Waals surface area contributed by atoms with Gasteiger partial charge in [0, 0.05) is 23.7 Å². The van der Waals surface area contributed by atoms with Gasteiger partial charge in [0.05, 0.1) is 6.04 Å². The van der Waals surface area contributed by atoms with E-state index in [1.54, 1.807) is 11.3 Å². The van der Waals surface area contributed by atoms with Crippen LogP contribution in [0.3, 0.4) is 0 Å². The zero-order chi connectivity index (χ0) is 19.3. The summed E-state index contributed by atoms with van der Waals surface area (Å²) in [6, 6.07) is 16.5. The number of benzene rings is 2. The predicted molar refractivity (Wildman–Crippen MR) is 110 cm³/mol. The van der Waals surface area contributed by atoms with Crippen molar-refractivity contribution >= 4 is 17.4 Å². The molecule has 6 heteroatoms. The molecule has 1 saturated heterocycles. The van der Waals surface area contributed by atoms with Gasteiger partial charge in [0.25, 0.3) is 0 Å². The largest absolute Gasteiger partial charge is 0.491 e. The Kier molecular flexibility index (Phi) is 5.58. The standard InChI is InChI=1S/C22H22N2O3S/c25-22(26)24-12-1-2-19(24)15-27-20-9-5-17(6-10-20)14-16-3-7-18(8-4-16)21-23-11-13-28-21/h3-11,13,19H,1-2,12,14-15H2,(H,25,26)/t19-/m1/s1. The van der Waals surface area contributed by atoms with E-state index in [2.05, 4.69) is 41.4 Å². The fraction of sp³-hybridized carbons (Fsp3) is 0.273. The van der Waals surface area contributed by atoms with Crippen molar-refractivity contribution < 1.29 is 14.6 Å². The van der Waals surface area contributed by atoms with Crippen LogP contribution >= 0.6 is 11.3 Å². The van der Waals surface area contributed by atoms with E-state index in [9.17, 15) is 9.90 Å². The average Bonchev–Trinajstić information content (AvgIpc) is 3.40. The van der Waals surface area contributed by atoms with Crippen molar-refractivity contribution in [2.45, 2.75) is 25.3 Å². The smallest absolute Gasteiger partial charge is 0.407 e. The fourth-order valence-electron chi connectivity index (χ4n) is 3.52. The van der Waals surface area contributed by atoms with E-state index in [0.717, 1.165) is 35.6 Å². The summed E-state index contributed by atoms with van der Waals surface area (Å²) in [6.07, 6.45) is 3.58. The summed E-state index contributed by atoms with van der Waals surface area (Å²) < 4.78 is 5.82. The molecule has 0 saturated carbocycles. The van der Waals surface area contributed by atoms with Crippen molar-refractivity contribution in [3.8, 4) is 16.3 Å². The Morgan fingerprint density at radius 2 is 1.86 bits per heavy atom. The number of hydrogen-bond donors (Lipinski definition) is 1. The van der Waals surface area contributed by atoms with E-state index in [1.165, 1.54) is 16.0 Å². The lowest BCUT2D eigenvalue weighted by molar-refractivity contribution is 0.123. The molecule has 2 aromatic carbocycles. The molecule has 1 N–H and O–H groups in total. The molecule has 144 valence electrons. The molecule has 28 heavy (non-hydrogen) atoms. The van der Waals surface area contributed by atoms with E-state index >= 15 is 0 Å². The summed E-state index contributed by atoms with van der Waals surface area (Å²) in [5.41, 5.74) is 3.60. The van der Waals surface area contributed by atoms with Gasteiger partial charge < -0.3 is 14.7 Å². The van der Waals surface area contributed by atoms with Crippen molar-refractivity contribution in [1.82, 2.24) is 9.88 Å². The van der Waals surface area contributed by atoms with Crippen LogP contribution in [0.15, 0.2) is 60.1 Å². The van der Waals surface area contributed by atoms with Crippen molar-refractivity contribution in [3.63, 3.8) is 0 Å². The molecular formula is C22H22N2O3S. The predicted octanol–water partition coefficient (Wildman–Crippen LogP) is 4.92. The first kappa shape index (κ1) is 18.5. The minimum Gasteiger partial charge on any atom is -0.491 e. The third-order valence-corrected chi connectivity index (χ3v) is 5.85. The summed E-state index contributed by atoms with van der Waals surface area (Å²) in [7, 11) is 0. The summed E-state index contributed by atoms with van der Waals surface area (Å²) in [5, 5.41) is 12.2. The molecule has 0 bridgehead atoms. The second-order valence-electron chi connectivity index (χ2n) is 6.94. The number of rotatable bonds is 6. The van der Waals surface area contributed by atoms with Crippen LogP contribution < -0.4 is 4.74 Å². The maximum absolute atomic E-state index is 11.2. The lowest BCUT2D eigenvalue weighted by Crippen LogP contribution is -2.37.